The maximum Gasteiger partial charge on any atom is 0.261 e. The second kappa shape index (κ2) is 9.15. The molecule has 8 heteroatoms. The van der Waals surface area contributed by atoms with Gasteiger partial charge in [0.05, 0.1) is 23.4 Å². The minimum absolute atomic E-state index is 0.157. The molecule has 20 heavy (non-hydrogen) atoms. The van der Waals surface area contributed by atoms with Crippen LogP contribution in [0, 0.1) is 0 Å². The number of anilines is 1. The van der Waals surface area contributed by atoms with Crippen molar-refractivity contribution in [1.29, 1.82) is 0 Å². The fourth-order valence-electron chi connectivity index (χ4n) is 1.51. The molecular weight excluding hydrogens is 336 g/mol. The summed E-state index contributed by atoms with van der Waals surface area (Å²) in [5.74, 6) is 1.20. The average Bonchev–Trinajstić information content (AvgIpc) is 2.40. The summed E-state index contributed by atoms with van der Waals surface area (Å²) < 4.78 is 34.6. The van der Waals surface area contributed by atoms with Crippen molar-refractivity contribution in [2.75, 3.05) is 32.2 Å². The lowest BCUT2D eigenvalue weighted by Crippen LogP contribution is -2.12. The van der Waals surface area contributed by atoms with Gasteiger partial charge in [-0.25, -0.2) is 18.7 Å². The summed E-state index contributed by atoms with van der Waals surface area (Å²) >= 11 is 3.42. The molecule has 1 N–H and O–H groups in total. The molecule has 114 valence electrons. The van der Waals surface area contributed by atoms with E-state index in [-0.39, 0.29) is 6.61 Å². The maximum atomic E-state index is 12.0. The lowest BCUT2D eigenvalue weighted by atomic mass is 10.3. The van der Waals surface area contributed by atoms with Crippen molar-refractivity contribution in [2.45, 2.75) is 26.4 Å². The minimum Gasteiger partial charge on any atom is -0.378 e. The molecule has 0 fully saturated rings. The van der Waals surface area contributed by atoms with E-state index in [2.05, 4.69) is 31.2 Å². The van der Waals surface area contributed by atoms with Gasteiger partial charge in [-0.2, -0.15) is 0 Å². The smallest absolute Gasteiger partial charge is 0.261 e. The molecule has 0 spiro atoms. The molecule has 0 atom stereocenters. The van der Waals surface area contributed by atoms with E-state index in [0.29, 0.717) is 36.9 Å². The Bertz CT molecular complexity index is 395. The lowest BCUT2D eigenvalue weighted by molar-refractivity contribution is 0.0182. The maximum absolute atomic E-state index is 12.0. The highest BCUT2D eigenvalue weighted by molar-refractivity contribution is 9.10. The van der Waals surface area contributed by atoms with E-state index >= 15 is 0 Å². The molecule has 5 nitrogen and oxygen atoms in total. The van der Waals surface area contributed by atoms with Gasteiger partial charge in [-0.1, -0.05) is 0 Å². The number of alkyl halides is 2. The van der Waals surface area contributed by atoms with Crippen LogP contribution in [0.3, 0.4) is 0 Å². The van der Waals surface area contributed by atoms with E-state index in [9.17, 15) is 8.78 Å². The van der Waals surface area contributed by atoms with Crippen LogP contribution < -0.4 is 5.32 Å². The summed E-state index contributed by atoms with van der Waals surface area (Å²) in [5, 5.41) is 3.11. The molecule has 0 unspecified atom stereocenters. The molecule has 1 aromatic rings. The van der Waals surface area contributed by atoms with E-state index < -0.39 is 13.0 Å². The number of hydrogen-bond donors (Lipinski definition) is 1. The highest BCUT2D eigenvalue weighted by atomic mass is 79.9. The first-order chi connectivity index (χ1) is 9.58. The van der Waals surface area contributed by atoms with Crippen molar-refractivity contribution in [3.8, 4) is 0 Å². The Hall–Kier alpha value is -0.860. The summed E-state index contributed by atoms with van der Waals surface area (Å²) in [6.07, 6.45) is -2.09. The lowest BCUT2D eigenvalue weighted by Gasteiger charge is -2.12. The van der Waals surface area contributed by atoms with Crippen LogP contribution in [0.4, 0.5) is 14.6 Å². The van der Waals surface area contributed by atoms with E-state index in [4.69, 9.17) is 9.47 Å². The second-order valence-corrected chi connectivity index (χ2v) is 4.72. The Kier molecular flexibility index (Phi) is 7.86. The number of nitrogens with one attached hydrogen (secondary N) is 1. The Morgan fingerprint density at radius 2 is 2.10 bits per heavy atom. The van der Waals surface area contributed by atoms with Gasteiger partial charge in [-0.3, -0.25) is 0 Å². The minimum atomic E-state index is -2.46. The predicted molar refractivity (Wildman–Crippen MR) is 75.1 cm³/mol. The number of halogens is 3. The van der Waals surface area contributed by atoms with Gasteiger partial charge < -0.3 is 14.8 Å². The Balaban J connectivity index is 2.73. The third-order valence-corrected chi connectivity index (χ3v) is 3.14. The van der Waals surface area contributed by atoms with Crippen molar-refractivity contribution in [3.05, 3.63) is 16.0 Å². The Morgan fingerprint density at radius 3 is 2.70 bits per heavy atom. The number of hydrogen-bond acceptors (Lipinski definition) is 5. The molecule has 0 radical (unpaired) electrons. The quantitative estimate of drug-likeness (QED) is 0.691. The van der Waals surface area contributed by atoms with Crippen LogP contribution in [0.5, 0.6) is 0 Å². The summed E-state index contributed by atoms with van der Waals surface area (Å²) in [7, 11) is 1.58. The zero-order valence-corrected chi connectivity index (χ0v) is 13.0. The van der Waals surface area contributed by atoms with Crippen LogP contribution in [0.2, 0.25) is 0 Å². The van der Waals surface area contributed by atoms with Crippen LogP contribution in [0.15, 0.2) is 4.47 Å². The molecule has 0 aromatic carbocycles. The number of nitrogens with zero attached hydrogens (tertiary/aromatic N) is 2. The third-order valence-electron chi connectivity index (χ3n) is 2.31. The van der Waals surface area contributed by atoms with Gasteiger partial charge in [0.2, 0.25) is 0 Å². The van der Waals surface area contributed by atoms with E-state index in [1.165, 1.54) is 0 Å². The average molecular weight is 354 g/mol. The van der Waals surface area contributed by atoms with Crippen LogP contribution in [-0.4, -0.2) is 43.3 Å². The Labute approximate surface area is 125 Å². The molecule has 0 aliphatic rings. The van der Waals surface area contributed by atoms with E-state index in [0.717, 1.165) is 4.47 Å². The van der Waals surface area contributed by atoms with Gasteiger partial charge in [0.15, 0.2) is 0 Å². The van der Waals surface area contributed by atoms with E-state index in [1.807, 2.05) is 6.92 Å². The van der Waals surface area contributed by atoms with Crippen LogP contribution in [-0.2, 0) is 22.5 Å². The van der Waals surface area contributed by atoms with Gasteiger partial charge in [-0.05, 0) is 22.9 Å². The standard InChI is InChI=1S/C12H18BrF2N3O2/c1-3-16-12-11(13)8(6-19-2)17-10(18-12)4-5-20-7-9(14)15/h9H,3-7H2,1-2H3,(H,16,17,18). The van der Waals surface area contributed by atoms with Crippen LogP contribution in [0.25, 0.3) is 0 Å². The van der Waals surface area contributed by atoms with Gasteiger partial charge in [0, 0.05) is 20.1 Å². The monoisotopic (exact) mass is 353 g/mol. The number of ether oxygens (including phenoxy) is 2. The summed E-state index contributed by atoms with van der Waals surface area (Å²) in [5.41, 5.74) is 0.710. The molecule has 0 saturated heterocycles. The van der Waals surface area contributed by atoms with Gasteiger partial charge in [0.1, 0.15) is 18.2 Å². The summed E-state index contributed by atoms with van der Waals surface area (Å²) in [4.78, 5) is 8.66. The first-order valence-corrected chi connectivity index (χ1v) is 7.01. The van der Waals surface area contributed by atoms with Gasteiger partial charge in [0.25, 0.3) is 6.43 Å². The van der Waals surface area contributed by atoms with Crippen molar-refractivity contribution < 1.29 is 18.3 Å². The second-order valence-electron chi connectivity index (χ2n) is 3.93. The first kappa shape index (κ1) is 17.2. The fourth-order valence-corrected chi connectivity index (χ4v) is 1.94. The van der Waals surface area contributed by atoms with Crippen LogP contribution in [0.1, 0.15) is 18.4 Å². The molecule has 0 amide bonds. The Morgan fingerprint density at radius 1 is 1.35 bits per heavy atom. The number of rotatable bonds is 9. The molecule has 1 aromatic heterocycles. The largest absolute Gasteiger partial charge is 0.378 e. The first-order valence-electron chi connectivity index (χ1n) is 6.22. The van der Waals surface area contributed by atoms with Crippen molar-refractivity contribution in [1.82, 2.24) is 9.97 Å². The summed E-state index contributed by atoms with van der Waals surface area (Å²) in [6.45, 7) is 2.59. The predicted octanol–water partition coefficient (Wildman–Crippen LogP) is 2.64. The topological polar surface area (TPSA) is 56.3 Å². The van der Waals surface area contributed by atoms with Crippen LogP contribution >= 0.6 is 15.9 Å². The zero-order chi connectivity index (χ0) is 15.0. The molecule has 0 aliphatic heterocycles. The summed E-state index contributed by atoms with van der Waals surface area (Å²) in [6, 6.07) is 0. The van der Waals surface area contributed by atoms with E-state index in [1.54, 1.807) is 7.11 Å². The molecular formula is C12H18BrF2N3O2. The highest BCUT2D eigenvalue weighted by Gasteiger charge is 2.12. The third kappa shape index (κ3) is 5.64. The van der Waals surface area contributed by atoms with Gasteiger partial charge in [-0.15, -0.1) is 0 Å². The number of methoxy groups -OCH3 is 1. The molecule has 1 heterocycles. The zero-order valence-electron chi connectivity index (χ0n) is 11.5. The SMILES string of the molecule is CCNc1nc(CCOCC(F)F)nc(COC)c1Br. The van der Waals surface area contributed by atoms with Crippen molar-refractivity contribution >= 4 is 21.7 Å². The number of aromatic nitrogens is 2. The molecule has 0 aliphatic carbocycles. The highest BCUT2D eigenvalue weighted by Crippen LogP contribution is 2.24. The van der Waals surface area contributed by atoms with Gasteiger partial charge >= 0.3 is 0 Å². The fraction of sp³-hybridized carbons (Fsp3) is 0.667. The van der Waals surface area contributed by atoms with Crippen molar-refractivity contribution in [3.63, 3.8) is 0 Å². The molecule has 0 bridgehead atoms. The molecule has 0 saturated carbocycles. The molecule has 1 rings (SSSR count). The van der Waals surface area contributed by atoms with Crippen molar-refractivity contribution in [2.24, 2.45) is 0 Å². The normalized spacial score (nSPS) is 11.1.